The van der Waals surface area contributed by atoms with Crippen molar-refractivity contribution >= 4 is 29.1 Å². The largest absolute Gasteiger partial charge is 0.466 e. The number of esters is 1. The third-order valence-electron chi connectivity index (χ3n) is 2.24. The highest BCUT2D eigenvalue weighted by Gasteiger charge is 2.03. The summed E-state index contributed by atoms with van der Waals surface area (Å²) in [7, 11) is 0. The summed E-state index contributed by atoms with van der Waals surface area (Å²) in [5.74, 6) is 0.387. The SMILES string of the molecule is CCOC(=O)CCc1cccc(N=C(N)CCl)c1. The summed E-state index contributed by atoms with van der Waals surface area (Å²) in [5, 5.41) is 0. The second kappa shape index (κ2) is 7.71. The lowest BCUT2D eigenvalue weighted by Gasteiger charge is -2.03. The minimum atomic E-state index is -0.188. The molecule has 0 fully saturated rings. The van der Waals surface area contributed by atoms with E-state index < -0.39 is 0 Å². The predicted molar refractivity (Wildman–Crippen MR) is 73.4 cm³/mol. The molecule has 18 heavy (non-hydrogen) atoms. The molecule has 0 amide bonds. The second-order valence-electron chi connectivity index (χ2n) is 3.71. The summed E-state index contributed by atoms with van der Waals surface area (Å²) in [6, 6.07) is 7.54. The van der Waals surface area contributed by atoms with Gasteiger partial charge >= 0.3 is 5.97 Å². The summed E-state index contributed by atoms with van der Waals surface area (Å²) in [6.45, 7) is 2.21. The Labute approximate surface area is 112 Å². The minimum Gasteiger partial charge on any atom is -0.466 e. The predicted octanol–water partition coefficient (Wildman–Crippen LogP) is 2.41. The van der Waals surface area contributed by atoms with Crippen LogP contribution >= 0.6 is 11.6 Å². The number of benzene rings is 1. The molecule has 1 rings (SSSR count). The molecule has 0 atom stereocenters. The number of carbonyl (C=O) groups excluding carboxylic acids is 1. The number of amidine groups is 1. The molecule has 0 aliphatic heterocycles. The topological polar surface area (TPSA) is 64.7 Å². The fourth-order valence-corrected chi connectivity index (χ4v) is 1.52. The quantitative estimate of drug-likeness (QED) is 0.373. The normalized spacial score (nSPS) is 11.3. The number of hydrogen-bond donors (Lipinski definition) is 1. The first-order valence-electron chi connectivity index (χ1n) is 5.79. The van der Waals surface area contributed by atoms with Gasteiger partial charge in [-0.05, 0) is 31.0 Å². The highest BCUT2D eigenvalue weighted by Crippen LogP contribution is 2.15. The number of carbonyl (C=O) groups is 1. The molecule has 0 unspecified atom stereocenters. The molecule has 0 spiro atoms. The molecule has 0 heterocycles. The van der Waals surface area contributed by atoms with Gasteiger partial charge in [-0.15, -0.1) is 11.6 Å². The van der Waals surface area contributed by atoms with Crippen molar-refractivity contribution in [2.45, 2.75) is 19.8 Å². The monoisotopic (exact) mass is 268 g/mol. The van der Waals surface area contributed by atoms with Crippen molar-refractivity contribution < 1.29 is 9.53 Å². The van der Waals surface area contributed by atoms with Crippen LogP contribution in [0.25, 0.3) is 0 Å². The van der Waals surface area contributed by atoms with Crippen LogP contribution in [0, 0.1) is 0 Å². The zero-order valence-corrected chi connectivity index (χ0v) is 11.1. The van der Waals surface area contributed by atoms with Crippen LogP contribution in [0.5, 0.6) is 0 Å². The van der Waals surface area contributed by atoms with Gasteiger partial charge in [0.1, 0.15) is 5.84 Å². The Morgan fingerprint density at radius 1 is 1.50 bits per heavy atom. The van der Waals surface area contributed by atoms with Crippen LogP contribution in [0.2, 0.25) is 0 Å². The third-order valence-corrected chi connectivity index (χ3v) is 2.52. The van der Waals surface area contributed by atoms with E-state index in [0.29, 0.717) is 25.3 Å². The third kappa shape index (κ3) is 5.19. The molecule has 98 valence electrons. The van der Waals surface area contributed by atoms with Crippen molar-refractivity contribution in [2.75, 3.05) is 12.5 Å². The van der Waals surface area contributed by atoms with Gasteiger partial charge in [0, 0.05) is 6.42 Å². The van der Waals surface area contributed by atoms with Crippen LogP contribution in [-0.4, -0.2) is 24.3 Å². The van der Waals surface area contributed by atoms with Crippen LogP contribution < -0.4 is 5.73 Å². The van der Waals surface area contributed by atoms with Crippen molar-refractivity contribution in [3.8, 4) is 0 Å². The molecule has 1 aromatic rings. The number of alkyl halides is 1. The first-order valence-corrected chi connectivity index (χ1v) is 6.32. The average Bonchev–Trinajstić information content (AvgIpc) is 2.37. The Morgan fingerprint density at radius 2 is 2.28 bits per heavy atom. The van der Waals surface area contributed by atoms with Crippen LogP contribution in [-0.2, 0) is 16.0 Å². The van der Waals surface area contributed by atoms with E-state index in [1.807, 2.05) is 24.3 Å². The van der Waals surface area contributed by atoms with Crippen LogP contribution in [0.15, 0.2) is 29.3 Å². The Balaban J connectivity index is 2.62. The van der Waals surface area contributed by atoms with Crippen LogP contribution in [0.4, 0.5) is 5.69 Å². The van der Waals surface area contributed by atoms with Gasteiger partial charge in [-0.2, -0.15) is 0 Å². The van der Waals surface area contributed by atoms with Crippen molar-refractivity contribution in [1.82, 2.24) is 0 Å². The maximum Gasteiger partial charge on any atom is 0.306 e. The van der Waals surface area contributed by atoms with E-state index in [2.05, 4.69) is 4.99 Å². The minimum absolute atomic E-state index is 0.188. The van der Waals surface area contributed by atoms with Crippen molar-refractivity contribution in [3.05, 3.63) is 29.8 Å². The van der Waals surface area contributed by atoms with E-state index in [1.54, 1.807) is 6.92 Å². The van der Waals surface area contributed by atoms with Crippen molar-refractivity contribution in [1.29, 1.82) is 0 Å². The fourth-order valence-electron chi connectivity index (χ4n) is 1.46. The van der Waals surface area contributed by atoms with Gasteiger partial charge in [0.15, 0.2) is 0 Å². The number of ether oxygens (including phenoxy) is 1. The zero-order valence-electron chi connectivity index (χ0n) is 10.4. The summed E-state index contributed by atoms with van der Waals surface area (Å²) in [6.07, 6.45) is 0.995. The van der Waals surface area contributed by atoms with Gasteiger partial charge < -0.3 is 10.5 Å². The number of aliphatic imine (C=N–C) groups is 1. The van der Waals surface area contributed by atoms with E-state index in [1.165, 1.54) is 0 Å². The van der Waals surface area contributed by atoms with Crippen LogP contribution in [0.3, 0.4) is 0 Å². The summed E-state index contributed by atoms with van der Waals surface area (Å²) in [4.78, 5) is 15.4. The Hall–Kier alpha value is -1.55. The number of halogens is 1. The molecule has 1 aromatic carbocycles. The fraction of sp³-hybridized carbons (Fsp3) is 0.385. The lowest BCUT2D eigenvalue weighted by Crippen LogP contribution is -2.12. The van der Waals surface area contributed by atoms with E-state index in [4.69, 9.17) is 22.1 Å². The van der Waals surface area contributed by atoms with E-state index in [-0.39, 0.29) is 11.8 Å². The number of aryl methyl sites for hydroxylation is 1. The Morgan fingerprint density at radius 3 is 2.94 bits per heavy atom. The maximum atomic E-state index is 11.2. The van der Waals surface area contributed by atoms with Crippen molar-refractivity contribution in [2.24, 2.45) is 10.7 Å². The average molecular weight is 269 g/mol. The Kier molecular flexibility index (Phi) is 6.22. The molecular formula is C13H17ClN2O2. The zero-order chi connectivity index (χ0) is 13.4. The number of hydrogen-bond acceptors (Lipinski definition) is 3. The summed E-state index contributed by atoms with van der Waals surface area (Å²) < 4.78 is 4.87. The summed E-state index contributed by atoms with van der Waals surface area (Å²) >= 11 is 5.56. The lowest BCUT2D eigenvalue weighted by atomic mass is 10.1. The highest BCUT2D eigenvalue weighted by molar-refractivity contribution is 6.28. The molecule has 0 bridgehead atoms. The van der Waals surface area contributed by atoms with Crippen molar-refractivity contribution in [3.63, 3.8) is 0 Å². The van der Waals surface area contributed by atoms with Gasteiger partial charge in [0.2, 0.25) is 0 Å². The maximum absolute atomic E-state index is 11.2. The molecule has 2 N–H and O–H groups in total. The molecule has 5 heteroatoms. The standard InChI is InChI=1S/C13H17ClN2O2/c1-2-18-13(17)7-6-10-4-3-5-11(8-10)16-12(15)9-14/h3-5,8H,2,6-7,9H2,1H3,(H2,15,16). The van der Waals surface area contributed by atoms with E-state index >= 15 is 0 Å². The molecule has 0 radical (unpaired) electrons. The van der Waals surface area contributed by atoms with Gasteiger partial charge in [-0.3, -0.25) is 4.79 Å². The first-order chi connectivity index (χ1) is 8.65. The Bertz CT molecular complexity index is 433. The second-order valence-corrected chi connectivity index (χ2v) is 3.98. The molecule has 0 aliphatic carbocycles. The van der Waals surface area contributed by atoms with E-state index in [9.17, 15) is 4.79 Å². The van der Waals surface area contributed by atoms with Crippen LogP contribution in [0.1, 0.15) is 18.9 Å². The van der Waals surface area contributed by atoms with Gasteiger partial charge in [-0.1, -0.05) is 12.1 Å². The molecule has 0 saturated carbocycles. The first kappa shape index (κ1) is 14.5. The van der Waals surface area contributed by atoms with Gasteiger partial charge in [0.25, 0.3) is 0 Å². The lowest BCUT2D eigenvalue weighted by molar-refractivity contribution is -0.143. The number of nitrogens with zero attached hydrogens (tertiary/aromatic N) is 1. The number of rotatable bonds is 6. The number of nitrogens with two attached hydrogens (primary N) is 1. The van der Waals surface area contributed by atoms with Gasteiger partial charge in [0.05, 0.1) is 18.2 Å². The molecule has 4 nitrogen and oxygen atoms in total. The highest BCUT2D eigenvalue weighted by atomic mass is 35.5. The molecule has 0 saturated heterocycles. The molecule has 0 aromatic heterocycles. The molecule has 0 aliphatic rings. The van der Waals surface area contributed by atoms with Gasteiger partial charge in [-0.25, -0.2) is 4.99 Å². The smallest absolute Gasteiger partial charge is 0.306 e. The molecular weight excluding hydrogens is 252 g/mol. The summed E-state index contributed by atoms with van der Waals surface area (Å²) in [5.41, 5.74) is 7.33. The van der Waals surface area contributed by atoms with E-state index in [0.717, 1.165) is 11.3 Å².